The van der Waals surface area contributed by atoms with Gasteiger partial charge >= 0.3 is 0 Å². The number of sulfonamides is 1. The van der Waals surface area contributed by atoms with E-state index >= 15 is 0 Å². The van der Waals surface area contributed by atoms with E-state index in [-0.39, 0.29) is 5.75 Å². The van der Waals surface area contributed by atoms with Crippen LogP contribution in [0, 0.1) is 0 Å². The van der Waals surface area contributed by atoms with Crippen molar-refractivity contribution in [2.24, 2.45) is 0 Å². The van der Waals surface area contributed by atoms with Crippen molar-refractivity contribution < 1.29 is 8.42 Å². The van der Waals surface area contributed by atoms with Crippen LogP contribution in [0.2, 0.25) is 0 Å². The zero-order valence-corrected chi connectivity index (χ0v) is 17.0. The zero-order chi connectivity index (χ0) is 18.9. The predicted octanol–water partition coefficient (Wildman–Crippen LogP) is 3.04. The fourth-order valence-electron chi connectivity index (χ4n) is 3.32. The summed E-state index contributed by atoms with van der Waals surface area (Å²) in [4.78, 5) is 10.9. The van der Waals surface area contributed by atoms with Crippen molar-refractivity contribution in [2.75, 3.05) is 31.1 Å². The highest BCUT2D eigenvalue weighted by molar-refractivity contribution is 9.10. The van der Waals surface area contributed by atoms with Gasteiger partial charge in [-0.05, 0) is 23.8 Å². The lowest BCUT2D eigenvalue weighted by atomic mass is 10.2. The molecule has 0 saturated carbocycles. The van der Waals surface area contributed by atoms with E-state index in [1.54, 1.807) is 10.6 Å². The van der Waals surface area contributed by atoms with Crippen LogP contribution in [0.3, 0.4) is 0 Å². The average Bonchev–Trinajstić information content (AvgIpc) is 2.68. The van der Waals surface area contributed by atoms with Crippen molar-refractivity contribution >= 4 is 42.7 Å². The van der Waals surface area contributed by atoms with Crippen LogP contribution in [0.1, 0.15) is 5.56 Å². The van der Waals surface area contributed by atoms with Gasteiger partial charge in [-0.1, -0.05) is 46.3 Å². The molecule has 2 aromatic carbocycles. The summed E-state index contributed by atoms with van der Waals surface area (Å²) in [5, 5.41) is 0.965. The SMILES string of the molecule is O=S(=O)(Cc1ccccc1)N1CCN(c2ncnc3ccc(Br)cc23)CC1. The summed E-state index contributed by atoms with van der Waals surface area (Å²) >= 11 is 3.50. The predicted molar refractivity (Wildman–Crippen MR) is 110 cm³/mol. The number of aromatic nitrogens is 2. The third-order valence-electron chi connectivity index (χ3n) is 4.70. The molecule has 1 aliphatic rings. The third-order valence-corrected chi connectivity index (χ3v) is 7.04. The van der Waals surface area contributed by atoms with Crippen molar-refractivity contribution in [3.05, 3.63) is 64.9 Å². The molecule has 1 aliphatic heterocycles. The summed E-state index contributed by atoms with van der Waals surface area (Å²) < 4.78 is 28.0. The van der Waals surface area contributed by atoms with E-state index in [0.29, 0.717) is 26.2 Å². The molecule has 1 aromatic heterocycles. The molecular weight excluding hydrogens is 428 g/mol. The molecule has 3 aromatic rings. The fraction of sp³-hybridized carbons (Fsp3) is 0.263. The van der Waals surface area contributed by atoms with E-state index in [0.717, 1.165) is 26.8 Å². The standard InChI is InChI=1S/C19H19BrN4O2S/c20-16-6-7-18-17(12-16)19(22-14-21-18)23-8-10-24(11-9-23)27(25,26)13-15-4-2-1-3-5-15/h1-7,12,14H,8-11,13H2. The molecular formula is C19H19BrN4O2S. The molecule has 4 rings (SSSR count). The maximum Gasteiger partial charge on any atom is 0.218 e. The average molecular weight is 447 g/mol. The molecule has 0 spiro atoms. The summed E-state index contributed by atoms with van der Waals surface area (Å²) in [5.41, 5.74) is 1.69. The van der Waals surface area contributed by atoms with E-state index in [1.165, 1.54) is 0 Å². The van der Waals surface area contributed by atoms with Crippen LogP contribution < -0.4 is 4.90 Å². The molecule has 0 atom stereocenters. The number of hydrogen-bond donors (Lipinski definition) is 0. The first-order valence-corrected chi connectivity index (χ1v) is 11.1. The van der Waals surface area contributed by atoms with Crippen molar-refractivity contribution in [3.8, 4) is 0 Å². The van der Waals surface area contributed by atoms with Gasteiger partial charge in [0.25, 0.3) is 0 Å². The first-order valence-electron chi connectivity index (χ1n) is 8.70. The van der Waals surface area contributed by atoms with Crippen LogP contribution in [0.15, 0.2) is 59.3 Å². The van der Waals surface area contributed by atoms with Crippen molar-refractivity contribution in [1.82, 2.24) is 14.3 Å². The Hall–Kier alpha value is -2.03. The van der Waals surface area contributed by atoms with E-state index in [4.69, 9.17) is 0 Å². The largest absolute Gasteiger partial charge is 0.353 e. The molecule has 27 heavy (non-hydrogen) atoms. The van der Waals surface area contributed by atoms with E-state index in [2.05, 4.69) is 30.8 Å². The number of halogens is 1. The number of piperazine rings is 1. The number of anilines is 1. The van der Waals surface area contributed by atoms with Crippen molar-refractivity contribution in [1.29, 1.82) is 0 Å². The minimum absolute atomic E-state index is 0.0389. The highest BCUT2D eigenvalue weighted by atomic mass is 79.9. The summed E-state index contributed by atoms with van der Waals surface area (Å²) in [6.07, 6.45) is 1.56. The minimum Gasteiger partial charge on any atom is -0.353 e. The molecule has 0 N–H and O–H groups in total. The Morgan fingerprint density at radius 1 is 0.963 bits per heavy atom. The first-order chi connectivity index (χ1) is 13.0. The molecule has 1 saturated heterocycles. The van der Waals surface area contributed by atoms with Crippen LogP contribution in [0.25, 0.3) is 10.9 Å². The second-order valence-corrected chi connectivity index (χ2v) is 9.37. The number of benzene rings is 2. The van der Waals surface area contributed by atoms with Crippen molar-refractivity contribution in [2.45, 2.75) is 5.75 Å². The molecule has 0 unspecified atom stereocenters. The zero-order valence-electron chi connectivity index (χ0n) is 14.6. The molecule has 140 valence electrons. The highest BCUT2D eigenvalue weighted by Gasteiger charge is 2.28. The number of rotatable bonds is 4. The van der Waals surface area contributed by atoms with Crippen LogP contribution in [0.5, 0.6) is 0 Å². The van der Waals surface area contributed by atoms with Gasteiger partial charge < -0.3 is 4.90 Å². The molecule has 0 aliphatic carbocycles. The molecule has 0 radical (unpaired) electrons. The molecule has 1 fully saturated rings. The lowest BCUT2D eigenvalue weighted by Gasteiger charge is -2.35. The summed E-state index contributed by atoms with van der Waals surface area (Å²) in [6.45, 7) is 2.11. The Labute approximate surface area is 167 Å². The smallest absolute Gasteiger partial charge is 0.218 e. The van der Waals surface area contributed by atoms with Crippen LogP contribution in [-0.2, 0) is 15.8 Å². The molecule has 0 amide bonds. The maximum absolute atomic E-state index is 12.7. The van der Waals surface area contributed by atoms with Gasteiger partial charge in [-0.2, -0.15) is 4.31 Å². The third kappa shape index (κ3) is 3.97. The van der Waals surface area contributed by atoms with Gasteiger partial charge in [0.15, 0.2) is 0 Å². The minimum atomic E-state index is -3.32. The first kappa shape index (κ1) is 18.3. The Bertz CT molecular complexity index is 1050. The van der Waals surface area contributed by atoms with Gasteiger partial charge in [0.2, 0.25) is 10.0 Å². The quantitative estimate of drug-likeness (QED) is 0.615. The Morgan fingerprint density at radius 3 is 2.44 bits per heavy atom. The fourth-order valence-corrected chi connectivity index (χ4v) is 5.20. The summed E-state index contributed by atoms with van der Waals surface area (Å²) in [5.74, 6) is 0.887. The second kappa shape index (κ2) is 7.53. The number of hydrogen-bond acceptors (Lipinski definition) is 5. The molecule has 2 heterocycles. The number of fused-ring (bicyclic) bond motifs is 1. The van der Waals surface area contributed by atoms with Gasteiger partial charge in [-0.3, -0.25) is 0 Å². The Morgan fingerprint density at radius 2 is 1.70 bits per heavy atom. The van der Waals surface area contributed by atoms with Gasteiger partial charge in [-0.25, -0.2) is 18.4 Å². The van der Waals surface area contributed by atoms with Gasteiger partial charge in [0.05, 0.1) is 11.3 Å². The van der Waals surface area contributed by atoms with Crippen molar-refractivity contribution in [3.63, 3.8) is 0 Å². The maximum atomic E-state index is 12.7. The van der Waals surface area contributed by atoms with Gasteiger partial charge in [0, 0.05) is 36.0 Å². The molecule has 6 nitrogen and oxygen atoms in total. The van der Waals surface area contributed by atoms with E-state index in [1.807, 2.05) is 48.5 Å². The molecule has 0 bridgehead atoms. The lowest BCUT2D eigenvalue weighted by Crippen LogP contribution is -2.49. The highest BCUT2D eigenvalue weighted by Crippen LogP contribution is 2.27. The topological polar surface area (TPSA) is 66.4 Å². The Kier molecular flexibility index (Phi) is 5.12. The van der Waals surface area contributed by atoms with E-state index < -0.39 is 10.0 Å². The molecule has 8 heteroatoms. The Balaban J connectivity index is 1.50. The monoisotopic (exact) mass is 446 g/mol. The number of nitrogens with zero attached hydrogens (tertiary/aromatic N) is 4. The second-order valence-electron chi connectivity index (χ2n) is 6.49. The van der Waals surface area contributed by atoms with Crippen LogP contribution in [0.4, 0.5) is 5.82 Å². The lowest BCUT2D eigenvalue weighted by molar-refractivity contribution is 0.383. The normalized spacial score (nSPS) is 16.0. The van der Waals surface area contributed by atoms with Crippen LogP contribution in [-0.4, -0.2) is 48.9 Å². The van der Waals surface area contributed by atoms with Crippen LogP contribution >= 0.6 is 15.9 Å². The summed E-state index contributed by atoms with van der Waals surface area (Å²) in [7, 11) is -3.32. The summed E-state index contributed by atoms with van der Waals surface area (Å²) in [6, 6.07) is 15.2. The van der Waals surface area contributed by atoms with E-state index in [9.17, 15) is 8.42 Å². The van der Waals surface area contributed by atoms with Gasteiger partial charge in [-0.15, -0.1) is 0 Å². The van der Waals surface area contributed by atoms with Gasteiger partial charge in [0.1, 0.15) is 12.1 Å².